The minimum atomic E-state index is -3.33. The third kappa shape index (κ3) is 4.17. The van der Waals surface area contributed by atoms with E-state index in [9.17, 15) is 13.2 Å². The molecule has 0 N–H and O–H groups in total. The standard InChI is InChI=1S/C14H26N2O4S/c1-3-15(10-12-7-9-20-11-12)14(17)13-6-4-5-8-16(13)21(2,18)19/h12-13H,3-11H2,1-2H3/t12-,13+/m1/s1. The van der Waals surface area contributed by atoms with Crippen molar-refractivity contribution in [3.8, 4) is 0 Å². The molecule has 0 bridgehead atoms. The van der Waals surface area contributed by atoms with E-state index >= 15 is 0 Å². The van der Waals surface area contributed by atoms with E-state index in [1.54, 1.807) is 4.90 Å². The van der Waals surface area contributed by atoms with E-state index in [0.29, 0.717) is 38.6 Å². The van der Waals surface area contributed by atoms with Gasteiger partial charge in [0.2, 0.25) is 15.9 Å². The van der Waals surface area contributed by atoms with Crippen molar-refractivity contribution in [2.24, 2.45) is 5.92 Å². The zero-order chi connectivity index (χ0) is 15.5. The van der Waals surface area contributed by atoms with Gasteiger partial charge in [-0.2, -0.15) is 4.31 Å². The highest BCUT2D eigenvalue weighted by Gasteiger charge is 2.37. The maximum absolute atomic E-state index is 12.8. The summed E-state index contributed by atoms with van der Waals surface area (Å²) in [5.41, 5.74) is 0. The van der Waals surface area contributed by atoms with Crippen molar-refractivity contribution in [3.63, 3.8) is 0 Å². The van der Waals surface area contributed by atoms with Gasteiger partial charge in [-0.05, 0) is 26.2 Å². The summed E-state index contributed by atoms with van der Waals surface area (Å²) in [4.78, 5) is 14.6. The van der Waals surface area contributed by atoms with Crippen LogP contribution in [0, 0.1) is 5.92 Å². The van der Waals surface area contributed by atoms with E-state index in [-0.39, 0.29) is 5.91 Å². The zero-order valence-corrected chi connectivity index (χ0v) is 13.8. The van der Waals surface area contributed by atoms with Gasteiger partial charge < -0.3 is 9.64 Å². The summed E-state index contributed by atoms with van der Waals surface area (Å²) in [5.74, 6) is 0.332. The van der Waals surface area contributed by atoms with Crippen LogP contribution >= 0.6 is 0 Å². The third-order valence-corrected chi connectivity index (χ3v) is 5.65. The van der Waals surface area contributed by atoms with Crippen molar-refractivity contribution in [1.29, 1.82) is 0 Å². The molecule has 0 aromatic heterocycles. The SMILES string of the molecule is CCN(C[C@H]1CCOC1)C(=O)[C@@H]1CCCCN1S(C)(=O)=O. The number of piperidine rings is 1. The Morgan fingerprint density at radius 1 is 1.33 bits per heavy atom. The Hall–Kier alpha value is -0.660. The molecule has 0 aromatic carbocycles. The van der Waals surface area contributed by atoms with E-state index < -0.39 is 16.1 Å². The summed E-state index contributed by atoms with van der Waals surface area (Å²) in [7, 11) is -3.33. The number of sulfonamides is 1. The molecule has 21 heavy (non-hydrogen) atoms. The molecule has 0 unspecified atom stereocenters. The molecule has 2 aliphatic rings. The zero-order valence-electron chi connectivity index (χ0n) is 13.0. The van der Waals surface area contributed by atoms with Gasteiger partial charge in [0.15, 0.2) is 0 Å². The highest BCUT2D eigenvalue weighted by molar-refractivity contribution is 7.88. The number of amides is 1. The molecule has 2 rings (SSSR count). The van der Waals surface area contributed by atoms with Gasteiger partial charge in [0, 0.05) is 32.2 Å². The Morgan fingerprint density at radius 2 is 2.10 bits per heavy atom. The van der Waals surface area contributed by atoms with Gasteiger partial charge in [0.05, 0.1) is 12.9 Å². The second-order valence-corrected chi connectivity index (χ2v) is 7.93. The third-order valence-electron chi connectivity index (χ3n) is 4.36. The number of ether oxygens (including phenoxy) is 1. The molecule has 7 heteroatoms. The predicted octanol–water partition coefficient (Wildman–Crippen LogP) is 0.686. The van der Waals surface area contributed by atoms with E-state index in [4.69, 9.17) is 4.74 Å². The predicted molar refractivity (Wildman–Crippen MR) is 80.4 cm³/mol. The van der Waals surface area contributed by atoms with Gasteiger partial charge in [0.1, 0.15) is 6.04 Å². The van der Waals surface area contributed by atoms with Crippen LogP contribution in [0.3, 0.4) is 0 Å². The van der Waals surface area contributed by atoms with E-state index in [1.165, 1.54) is 10.6 Å². The van der Waals surface area contributed by atoms with Crippen molar-refractivity contribution in [3.05, 3.63) is 0 Å². The van der Waals surface area contributed by atoms with Gasteiger partial charge >= 0.3 is 0 Å². The normalized spacial score (nSPS) is 27.7. The van der Waals surface area contributed by atoms with Gasteiger partial charge in [-0.25, -0.2) is 8.42 Å². The van der Waals surface area contributed by atoms with Gasteiger partial charge in [0.25, 0.3) is 0 Å². The number of hydrogen-bond donors (Lipinski definition) is 0. The fourth-order valence-electron chi connectivity index (χ4n) is 3.17. The molecule has 2 saturated heterocycles. The lowest BCUT2D eigenvalue weighted by Gasteiger charge is -2.36. The van der Waals surface area contributed by atoms with E-state index in [0.717, 1.165) is 25.9 Å². The molecule has 2 fully saturated rings. The molecule has 0 radical (unpaired) electrons. The Bertz CT molecular complexity index is 460. The average molecular weight is 318 g/mol. The molecule has 0 aromatic rings. The first-order valence-corrected chi connectivity index (χ1v) is 9.61. The summed E-state index contributed by atoms with van der Waals surface area (Å²) >= 11 is 0. The maximum Gasteiger partial charge on any atom is 0.241 e. The van der Waals surface area contributed by atoms with Gasteiger partial charge in [-0.15, -0.1) is 0 Å². The molecule has 0 spiro atoms. The quantitative estimate of drug-likeness (QED) is 0.748. The van der Waals surface area contributed by atoms with Gasteiger partial charge in [-0.3, -0.25) is 4.79 Å². The summed E-state index contributed by atoms with van der Waals surface area (Å²) < 4.78 is 30.5. The molecular formula is C14H26N2O4S. The summed E-state index contributed by atoms with van der Waals surface area (Å²) in [6, 6.07) is -0.518. The molecule has 122 valence electrons. The molecule has 1 amide bonds. The summed E-state index contributed by atoms with van der Waals surface area (Å²) in [5, 5.41) is 0. The smallest absolute Gasteiger partial charge is 0.241 e. The number of likely N-dealkylation sites (N-methyl/N-ethyl adjacent to an activating group) is 1. The minimum Gasteiger partial charge on any atom is -0.381 e. The lowest BCUT2D eigenvalue weighted by atomic mass is 10.0. The van der Waals surface area contributed by atoms with Crippen LogP contribution < -0.4 is 0 Å². The lowest BCUT2D eigenvalue weighted by molar-refractivity contribution is -0.136. The van der Waals surface area contributed by atoms with Crippen LogP contribution in [0.25, 0.3) is 0 Å². The van der Waals surface area contributed by atoms with Crippen molar-refractivity contribution < 1.29 is 17.9 Å². The molecule has 2 heterocycles. The van der Waals surface area contributed by atoms with Crippen molar-refractivity contribution >= 4 is 15.9 Å². The first-order chi connectivity index (χ1) is 9.93. The minimum absolute atomic E-state index is 0.0467. The van der Waals surface area contributed by atoms with Crippen LogP contribution in [0.15, 0.2) is 0 Å². The van der Waals surface area contributed by atoms with Crippen molar-refractivity contribution in [2.45, 2.75) is 38.6 Å². The largest absolute Gasteiger partial charge is 0.381 e. The van der Waals surface area contributed by atoms with Crippen LogP contribution in [-0.2, 0) is 19.6 Å². The maximum atomic E-state index is 12.8. The number of carbonyl (C=O) groups excluding carboxylic acids is 1. The number of carbonyl (C=O) groups is 1. The average Bonchev–Trinajstić information content (AvgIpc) is 2.96. The molecule has 2 atom stereocenters. The number of hydrogen-bond acceptors (Lipinski definition) is 4. The van der Waals surface area contributed by atoms with Crippen LogP contribution in [0.4, 0.5) is 0 Å². The van der Waals surface area contributed by atoms with Crippen LogP contribution in [0.2, 0.25) is 0 Å². The highest BCUT2D eigenvalue weighted by atomic mass is 32.2. The Labute approximate surface area is 127 Å². The van der Waals surface area contributed by atoms with E-state index in [1.807, 2.05) is 6.92 Å². The molecule has 2 aliphatic heterocycles. The first-order valence-electron chi connectivity index (χ1n) is 7.76. The summed E-state index contributed by atoms with van der Waals surface area (Å²) in [6.45, 7) is 5.15. The van der Waals surface area contributed by atoms with E-state index in [2.05, 4.69) is 0 Å². The Morgan fingerprint density at radius 3 is 2.67 bits per heavy atom. The lowest BCUT2D eigenvalue weighted by Crippen LogP contribution is -2.53. The first kappa shape index (κ1) is 16.7. The van der Waals surface area contributed by atoms with Crippen molar-refractivity contribution in [2.75, 3.05) is 39.1 Å². The fraction of sp³-hybridized carbons (Fsp3) is 0.929. The number of rotatable bonds is 5. The molecule has 6 nitrogen and oxygen atoms in total. The summed E-state index contributed by atoms with van der Waals surface area (Å²) in [6.07, 6.45) is 4.54. The van der Waals surface area contributed by atoms with Crippen LogP contribution in [-0.4, -0.2) is 68.7 Å². The fourth-order valence-corrected chi connectivity index (χ4v) is 4.29. The molecule has 0 aliphatic carbocycles. The monoisotopic (exact) mass is 318 g/mol. The highest BCUT2D eigenvalue weighted by Crippen LogP contribution is 2.23. The van der Waals surface area contributed by atoms with Gasteiger partial charge in [-0.1, -0.05) is 6.42 Å². The van der Waals surface area contributed by atoms with Crippen LogP contribution in [0.5, 0.6) is 0 Å². The Kier molecular flexibility index (Phi) is 5.62. The molecule has 0 saturated carbocycles. The molecular weight excluding hydrogens is 292 g/mol. The van der Waals surface area contributed by atoms with Crippen molar-refractivity contribution in [1.82, 2.24) is 9.21 Å². The van der Waals surface area contributed by atoms with Crippen LogP contribution in [0.1, 0.15) is 32.6 Å². The topological polar surface area (TPSA) is 66.9 Å². The number of nitrogens with zero attached hydrogens (tertiary/aromatic N) is 2. The Balaban J connectivity index is 2.06. The second-order valence-electron chi connectivity index (χ2n) is 5.99. The second kappa shape index (κ2) is 7.07.